The number of carbonyl (C=O) groups excluding carboxylic acids is 1. The molecule has 1 aromatic carbocycles. The van der Waals surface area contributed by atoms with Crippen molar-refractivity contribution < 1.29 is 9.53 Å². The quantitative estimate of drug-likeness (QED) is 0.910. The number of aromatic nitrogens is 1. The number of pyridine rings is 1. The van der Waals surface area contributed by atoms with E-state index in [2.05, 4.69) is 10.3 Å². The average molecular weight is 253 g/mol. The number of ether oxygens (including phenoxy) is 1. The number of rotatable bonds is 3. The molecule has 2 aromatic rings. The summed E-state index contributed by atoms with van der Waals surface area (Å²) in [4.78, 5) is 15.9. The minimum absolute atomic E-state index is 0.314. The van der Waals surface area contributed by atoms with E-state index in [1.807, 2.05) is 6.07 Å². The molecule has 19 heavy (non-hydrogen) atoms. The second-order valence-corrected chi connectivity index (χ2v) is 3.70. The summed E-state index contributed by atoms with van der Waals surface area (Å²) in [6, 6.07) is 11.9. The summed E-state index contributed by atoms with van der Waals surface area (Å²) >= 11 is 0. The lowest BCUT2D eigenvalue weighted by molar-refractivity contribution is 0.102. The van der Waals surface area contributed by atoms with E-state index in [9.17, 15) is 4.79 Å². The van der Waals surface area contributed by atoms with E-state index in [1.54, 1.807) is 42.6 Å². The predicted octanol–water partition coefficient (Wildman–Crippen LogP) is 2.21. The first kappa shape index (κ1) is 12.6. The van der Waals surface area contributed by atoms with E-state index in [4.69, 9.17) is 10.00 Å². The maximum Gasteiger partial charge on any atom is 0.274 e. The molecule has 5 heteroatoms. The van der Waals surface area contributed by atoms with Gasteiger partial charge >= 0.3 is 0 Å². The molecule has 0 unspecified atom stereocenters. The van der Waals surface area contributed by atoms with Crippen LogP contribution >= 0.6 is 0 Å². The van der Waals surface area contributed by atoms with Crippen molar-refractivity contribution in [1.29, 1.82) is 5.26 Å². The molecule has 0 spiro atoms. The van der Waals surface area contributed by atoms with Crippen LogP contribution in [-0.2, 0) is 0 Å². The number of anilines is 1. The standard InChI is InChI=1S/C14H11N3O2/c1-19-13-8-10(9-15)5-6-11(13)17-14(18)12-4-2-3-7-16-12/h2-8H,1H3,(H,17,18). The van der Waals surface area contributed by atoms with E-state index in [0.29, 0.717) is 22.7 Å². The molecule has 1 N–H and O–H groups in total. The summed E-state index contributed by atoms with van der Waals surface area (Å²) in [5, 5.41) is 11.5. The van der Waals surface area contributed by atoms with Gasteiger partial charge in [-0.2, -0.15) is 5.26 Å². The molecule has 1 aromatic heterocycles. The van der Waals surface area contributed by atoms with Gasteiger partial charge in [0.05, 0.1) is 24.4 Å². The number of benzene rings is 1. The molecule has 0 aliphatic carbocycles. The Morgan fingerprint density at radius 1 is 1.37 bits per heavy atom. The largest absolute Gasteiger partial charge is 0.495 e. The zero-order valence-electron chi connectivity index (χ0n) is 10.3. The van der Waals surface area contributed by atoms with Crippen molar-refractivity contribution >= 4 is 11.6 Å². The summed E-state index contributed by atoms with van der Waals surface area (Å²) in [5.41, 5.74) is 1.28. The number of amides is 1. The minimum Gasteiger partial charge on any atom is -0.495 e. The van der Waals surface area contributed by atoms with Crippen LogP contribution in [0.15, 0.2) is 42.6 Å². The summed E-state index contributed by atoms with van der Waals surface area (Å²) in [6.07, 6.45) is 1.55. The van der Waals surface area contributed by atoms with Gasteiger partial charge in [0.15, 0.2) is 0 Å². The highest BCUT2D eigenvalue weighted by molar-refractivity contribution is 6.03. The lowest BCUT2D eigenvalue weighted by atomic mass is 10.2. The van der Waals surface area contributed by atoms with E-state index < -0.39 is 0 Å². The number of nitrogens with one attached hydrogen (secondary N) is 1. The van der Waals surface area contributed by atoms with Gasteiger partial charge in [0.1, 0.15) is 11.4 Å². The van der Waals surface area contributed by atoms with Gasteiger partial charge < -0.3 is 10.1 Å². The molecule has 0 saturated carbocycles. The molecule has 2 rings (SSSR count). The van der Waals surface area contributed by atoms with E-state index in [0.717, 1.165) is 0 Å². The minimum atomic E-state index is -0.330. The van der Waals surface area contributed by atoms with E-state index in [-0.39, 0.29) is 5.91 Å². The summed E-state index contributed by atoms with van der Waals surface area (Å²) < 4.78 is 5.14. The van der Waals surface area contributed by atoms with Crippen LogP contribution in [-0.4, -0.2) is 18.0 Å². The second-order valence-electron chi connectivity index (χ2n) is 3.70. The highest BCUT2D eigenvalue weighted by atomic mass is 16.5. The molecular weight excluding hydrogens is 242 g/mol. The molecule has 0 fully saturated rings. The fourth-order valence-corrected chi connectivity index (χ4v) is 1.55. The fourth-order valence-electron chi connectivity index (χ4n) is 1.55. The van der Waals surface area contributed by atoms with Crippen molar-refractivity contribution in [3.63, 3.8) is 0 Å². The Morgan fingerprint density at radius 2 is 2.21 bits per heavy atom. The Bertz CT molecular complexity index is 633. The van der Waals surface area contributed by atoms with Crippen molar-refractivity contribution in [2.45, 2.75) is 0 Å². The van der Waals surface area contributed by atoms with Gasteiger partial charge in [-0.05, 0) is 24.3 Å². The number of nitrogens with zero attached hydrogens (tertiary/aromatic N) is 2. The molecule has 0 atom stereocenters. The normalized spacial score (nSPS) is 9.47. The van der Waals surface area contributed by atoms with Crippen molar-refractivity contribution in [3.05, 3.63) is 53.9 Å². The molecule has 0 bridgehead atoms. The highest BCUT2D eigenvalue weighted by Gasteiger charge is 2.10. The second kappa shape index (κ2) is 5.65. The third kappa shape index (κ3) is 2.87. The lowest BCUT2D eigenvalue weighted by Gasteiger charge is -2.09. The average Bonchev–Trinajstić information content (AvgIpc) is 2.48. The SMILES string of the molecule is COc1cc(C#N)ccc1NC(=O)c1ccccn1. The molecule has 94 valence electrons. The number of carbonyl (C=O) groups is 1. The third-order valence-corrected chi connectivity index (χ3v) is 2.48. The fraction of sp³-hybridized carbons (Fsp3) is 0.0714. The predicted molar refractivity (Wildman–Crippen MR) is 69.9 cm³/mol. The van der Waals surface area contributed by atoms with Gasteiger partial charge in [0, 0.05) is 12.3 Å². The first-order valence-electron chi connectivity index (χ1n) is 5.55. The molecule has 0 saturated heterocycles. The van der Waals surface area contributed by atoms with Crippen LogP contribution in [0.1, 0.15) is 16.1 Å². The van der Waals surface area contributed by atoms with Gasteiger partial charge in [0.25, 0.3) is 5.91 Å². The Kier molecular flexibility index (Phi) is 3.74. The summed E-state index contributed by atoms with van der Waals surface area (Å²) in [5.74, 6) is 0.104. The highest BCUT2D eigenvalue weighted by Crippen LogP contribution is 2.25. The number of nitriles is 1. The molecule has 0 aliphatic rings. The Morgan fingerprint density at radius 3 is 2.84 bits per heavy atom. The third-order valence-electron chi connectivity index (χ3n) is 2.48. The van der Waals surface area contributed by atoms with Crippen molar-refractivity contribution in [3.8, 4) is 11.8 Å². The first-order chi connectivity index (χ1) is 9.24. The van der Waals surface area contributed by atoms with Crippen LogP contribution in [0.2, 0.25) is 0 Å². The van der Waals surface area contributed by atoms with Gasteiger partial charge in [-0.15, -0.1) is 0 Å². The van der Waals surface area contributed by atoms with Crippen LogP contribution in [0.25, 0.3) is 0 Å². The van der Waals surface area contributed by atoms with Crippen molar-refractivity contribution in [2.24, 2.45) is 0 Å². The number of hydrogen-bond donors (Lipinski definition) is 1. The number of hydrogen-bond acceptors (Lipinski definition) is 4. The zero-order valence-corrected chi connectivity index (χ0v) is 10.3. The van der Waals surface area contributed by atoms with Crippen LogP contribution in [0.4, 0.5) is 5.69 Å². The van der Waals surface area contributed by atoms with Crippen molar-refractivity contribution in [1.82, 2.24) is 4.98 Å². The van der Waals surface area contributed by atoms with Gasteiger partial charge in [-0.25, -0.2) is 0 Å². The molecular formula is C14H11N3O2. The number of methoxy groups -OCH3 is 1. The maximum absolute atomic E-state index is 11.9. The maximum atomic E-state index is 11.9. The van der Waals surface area contributed by atoms with Crippen LogP contribution in [0.3, 0.4) is 0 Å². The lowest BCUT2D eigenvalue weighted by Crippen LogP contribution is -2.14. The topological polar surface area (TPSA) is 75.0 Å². The Labute approximate surface area is 110 Å². The van der Waals surface area contributed by atoms with Crippen LogP contribution in [0.5, 0.6) is 5.75 Å². The first-order valence-corrected chi connectivity index (χ1v) is 5.55. The van der Waals surface area contributed by atoms with Crippen LogP contribution in [0, 0.1) is 11.3 Å². The Hall–Kier alpha value is -2.87. The summed E-state index contributed by atoms with van der Waals surface area (Å²) in [7, 11) is 1.48. The Balaban J connectivity index is 2.24. The molecule has 0 aliphatic heterocycles. The summed E-state index contributed by atoms with van der Waals surface area (Å²) in [6.45, 7) is 0. The van der Waals surface area contributed by atoms with Gasteiger partial charge in [0.2, 0.25) is 0 Å². The monoisotopic (exact) mass is 253 g/mol. The smallest absolute Gasteiger partial charge is 0.274 e. The van der Waals surface area contributed by atoms with Crippen LogP contribution < -0.4 is 10.1 Å². The van der Waals surface area contributed by atoms with E-state index >= 15 is 0 Å². The molecule has 0 radical (unpaired) electrons. The van der Waals surface area contributed by atoms with Gasteiger partial charge in [-0.1, -0.05) is 6.07 Å². The van der Waals surface area contributed by atoms with E-state index in [1.165, 1.54) is 7.11 Å². The van der Waals surface area contributed by atoms with Crippen molar-refractivity contribution in [2.75, 3.05) is 12.4 Å². The van der Waals surface area contributed by atoms with Gasteiger partial charge in [-0.3, -0.25) is 9.78 Å². The molecule has 1 heterocycles. The zero-order chi connectivity index (χ0) is 13.7. The molecule has 5 nitrogen and oxygen atoms in total. The molecule has 1 amide bonds.